The fourth-order valence-corrected chi connectivity index (χ4v) is 4.55. The Bertz CT molecular complexity index is 1170. The molecule has 1 saturated carbocycles. The van der Waals surface area contributed by atoms with Gasteiger partial charge < -0.3 is 19.9 Å². The number of pyridine rings is 1. The van der Waals surface area contributed by atoms with Gasteiger partial charge >= 0.3 is 0 Å². The Labute approximate surface area is 206 Å². The van der Waals surface area contributed by atoms with Crippen LogP contribution in [0.1, 0.15) is 43.4 Å². The van der Waals surface area contributed by atoms with Crippen LogP contribution in [0.2, 0.25) is 0 Å². The Kier molecular flexibility index (Phi) is 7.47. The van der Waals surface area contributed by atoms with Crippen LogP contribution >= 0.6 is 0 Å². The summed E-state index contributed by atoms with van der Waals surface area (Å²) in [4.78, 5) is 33.3. The molecular weight excluding hydrogens is 442 g/mol. The Balaban J connectivity index is 1.63. The summed E-state index contributed by atoms with van der Waals surface area (Å²) in [6, 6.07) is 11.8. The molecule has 0 radical (unpaired) electrons. The lowest BCUT2D eigenvalue weighted by Gasteiger charge is -2.41. The standard InChI is InChI=1S/C27H31N5O3/c1-4-24(33)29-22-7-5-6-20(14-22)23-15-21(16-28)27(30-26(23)19-8-9-19)31-11-12-32(18(2)17-31)25(34)10-13-35-3/h4-7,14-15,18-19H,1,8-13,17H2,2-3H3,(H,29,33). The molecule has 1 N–H and O–H groups in total. The van der Waals surface area contributed by atoms with E-state index in [1.807, 2.05) is 42.2 Å². The third-order valence-electron chi connectivity index (χ3n) is 6.51. The number of nitrogens with one attached hydrogen (secondary N) is 1. The molecule has 182 valence electrons. The SMILES string of the molecule is C=CC(=O)Nc1cccc(-c2cc(C#N)c(N3CCN(C(=O)CCOC)C(C)C3)nc2C2CC2)c1. The van der Waals surface area contributed by atoms with Gasteiger partial charge in [0.25, 0.3) is 0 Å². The molecular formula is C27H31N5O3. The van der Waals surface area contributed by atoms with Crippen LogP contribution in [0, 0.1) is 11.3 Å². The van der Waals surface area contributed by atoms with E-state index < -0.39 is 0 Å². The summed E-state index contributed by atoms with van der Waals surface area (Å²) >= 11 is 0. The van der Waals surface area contributed by atoms with Crippen molar-refractivity contribution in [3.63, 3.8) is 0 Å². The zero-order chi connectivity index (χ0) is 24.9. The van der Waals surface area contributed by atoms with Crippen molar-refractivity contribution in [1.82, 2.24) is 9.88 Å². The molecule has 2 fully saturated rings. The number of amides is 2. The van der Waals surface area contributed by atoms with Gasteiger partial charge in [-0.25, -0.2) is 4.98 Å². The molecule has 1 aliphatic heterocycles. The second-order valence-electron chi connectivity index (χ2n) is 9.08. The molecule has 1 saturated heterocycles. The highest BCUT2D eigenvalue weighted by Gasteiger charge is 2.33. The summed E-state index contributed by atoms with van der Waals surface area (Å²) < 4.78 is 5.05. The van der Waals surface area contributed by atoms with Gasteiger partial charge in [0.2, 0.25) is 11.8 Å². The molecule has 0 bridgehead atoms. The first-order valence-corrected chi connectivity index (χ1v) is 12.0. The third-order valence-corrected chi connectivity index (χ3v) is 6.51. The van der Waals surface area contributed by atoms with Crippen molar-refractivity contribution < 1.29 is 14.3 Å². The molecule has 1 aromatic carbocycles. The van der Waals surface area contributed by atoms with Gasteiger partial charge in [-0.1, -0.05) is 18.7 Å². The number of piperazine rings is 1. The van der Waals surface area contributed by atoms with Crippen LogP contribution in [0.25, 0.3) is 11.1 Å². The van der Waals surface area contributed by atoms with Crippen molar-refractivity contribution in [2.75, 3.05) is 43.6 Å². The van der Waals surface area contributed by atoms with Crippen molar-refractivity contribution in [1.29, 1.82) is 5.26 Å². The van der Waals surface area contributed by atoms with Gasteiger partial charge in [0.05, 0.1) is 24.3 Å². The number of carbonyl (C=O) groups excluding carboxylic acids is 2. The molecule has 35 heavy (non-hydrogen) atoms. The summed E-state index contributed by atoms with van der Waals surface area (Å²) in [5.74, 6) is 0.858. The normalized spacial score (nSPS) is 17.6. The number of hydrogen-bond donors (Lipinski definition) is 1. The predicted molar refractivity (Wildman–Crippen MR) is 135 cm³/mol. The van der Waals surface area contributed by atoms with Crippen LogP contribution in [0.15, 0.2) is 43.0 Å². The maximum absolute atomic E-state index is 12.5. The largest absolute Gasteiger partial charge is 0.384 e. The van der Waals surface area contributed by atoms with Gasteiger partial charge in [0, 0.05) is 50.0 Å². The molecule has 4 rings (SSSR count). The molecule has 2 aromatic rings. The van der Waals surface area contributed by atoms with Crippen molar-refractivity contribution in [3.8, 4) is 17.2 Å². The molecule has 2 amide bonds. The third kappa shape index (κ3) is 5.52. The van der Waals surface area contributed by atoms with Gasteiger partial charge in [-0.15, -0.1) is 0 Å². The molecule has 1 unspecified atom stereocenters. The van der Waals surface area contributed by atoms with E-state index in [4.69, 9.17) is 9.72 Å². The maximum atomic E-state index is 12.5. The maximum Gasteiger partial charge on any atom is 0.247 e. The molecule has 0 spiro atoms. The Morgan fingerprint density at radius 1 is 1.31 bits per heavy atom. The summed E-state index contributed by atoms with van der Waals surface area (Å²) in [6.07, 6.45) is 3.74. The molecule has 2 heterocycles. The van der Waals surface area contributed by atoms with Gasteiger partial charge in [-0.05, 0) is 49.6 Å². The van der Waals surface area contributed by atoms with E-state index in [0.717, 1.165) is 29.7 Å². The van der Waals surface area contributed by atoms with Crippen LogP contribution in [-0.4, -0.2) is 61.1 Å². The van der Waals surface area contributed by atoms with E-state index in [1.165, 1.54) is 6.08 Å². The van der Waals surface area contributed by atoms with Gasteiger partial charge in [0.1, 0.15) is 11.9 Å². The van der Waals surface area contributed by atoms with Gasteiger partial charge in [0.15, 0.2) is 0 Å². The summed E-state index contributed by atoms with van der Waals surface area (Å²) in [5.41, 5.74) is 3.99. The van der Waals surface area contributed by atoms with Crippen LogP contribution in [0.3, 0.4) is 0 Å². The molecule has 1 aliphatic carbocycles. The molecule has 8 nitrogen and oxygen atoms in total. The van der Waals surface area contributed by atoms with Crippen molar-refractivity contribution >= 4 is 23.3 Å². The highest BCUT2D eigenvalue weighted by Crippen LogP contribution is 2.45. The van der Waals surface area contributed by atoms with Crippen LogP contribution in [0.5, 0.6) is 0 Å². The highest BCUT2D eigenvalue weighted by atomic mass is 16.5. The average Bonchev–Trinajstić information content (AvgIpc) is 3.72. The van der Waals surface area contributed by atoms with Crippen molar-refractivity contribution in [3.05, 3.63) is 54.2 Å². The highest BCUT2D eigenvalue weighted by molar-refractivity contribution is 5.99. The number of aromatic nitrogens is 1. The monoisotopic (exact) mass is 473 g/mol. The van der Waals surface area contributed by atoms with Crippen molar-refractivity contribution in [2.45, 2.75) is 38.1 Å². The zero-order valence-electron chi connectivity index (χ0n) is 20.3. The second kappa shape index (κ2) is 10.7. The van der Waals surface area contributed by atoms with E-state index in [2.05, 4.69) is 22.9 Å². The van der Waals surface area contributed by atoms with E-state index in [9.17, 15) is 14.9 Å². The summed E-state index contributed by atoms with van der Waals surface area (Å²) in [6.45, 7) is 7.77. The van der Waals surface area contributed by atoms with Gasteiger partial charge in [-0.2, -0.15) is 5.26 Å². The Morgan fingerprint density at radius 3 is 2.77 bits per heavy atom. The quantitative estimate of drug-likeness (QED) is 0.587. The topological polar surface area (TPSA) is 98.6 Å². The predicted octanol–water partition coefficient (Wildman–Crippen LogP) is 3.70. The van der Waals surface area contributed by atoms with E-state index in [1.54, 1.807) is 7.11 Å². The van der Waals surface area contributed by atoms with E-state index >= 15 is 0 Å². The average molecular weight is 474 g/mol. The minimum Gasteiger partial charge on any atom is -0.384 e. The second-order valence-corrected chi connectivity index (χ2v) is 9.08. The zero-order valence-corrected chi connectivity index (χ0v) is 20.3. The number of benzene rings is 1. The summed E-state index contributed by atoms with van der Waals surface area (Å²) in [5, 5.41) is 12.8. The number of carbonyl (C=O) groups is 2. The number of methoxy groups -OCH3 is 1. The molecule has 1 aromatic heterocycles. The molecule has 8 heteroatoms. The Morgan fingerprint density at radius 2 is 2.11 bits per heavy atom. The van der Waals surface area contributed by atoms with Gasteiger partial charge in [-0.3, -0.25) is 9.59 Å². The molecule has 1 atom stereocenters. The number of ether oxygens (including phenoxy) is 1. The Hall–Kier alpha value is -3.70. The first-order valence-electron chi connectivity index (χ1n) is 12.0. The number of nitriles is 1. The van der Waals surface area contributed by atoms with Crippen LogP contribution in [0.4, 0.5) is 11.5 Å². The lowest BCUT2D eigenvalue weighted by Crippen LogP contribution is -2.54. The number of rotatable bonds is 8. The first kappa shape index (κ1) is 24.4. The number of nitrogens with zero attached hydrogens (tertiary/aromatic N) is 4. The van der Waals surface area contributed by atoms with Crippen LogP contribution < -0.4 is 10.2 Å². The fraction of sp³-hybridized carbons (Fsp3) is 0.407. The minimum absolute atomic E-state index is 0.00986. The first-order chi connectivity index (χ1) is 16.9. The lowest BCUT2D eigenvalue weighted by molar-refractivity contribution is -0.134. The van der Waals surface area contributed by atoms with E-state index in [0.29, 0.717) is 55.6 Å². The minimum atomic E-state index is -0.273. The molecule has 2 aliphatic rings. The number of hydrogen-bond acceptors (Lipinski definition) is 6. The fourth-order valence-electron chi connectivity index (χ4n) is 4.55. The lowest BCUT2D eigenvalue weighted by atomic mass is 9.98. The van der Waals surface area contributed by atoms with Crippen molar-refractivity contribution in [2.24, 2.45) is 0 Å². The summed E-state index contributed by atoms with van der Waals surface area (Å²) in [7, 11) is 1.60. The number of anilines is 2. The van der Waals surface area contributed by atoms with E-state index in [-0.39, 0.29) is 17.9 Å². The smallest absolute Gasteiger partial charge is 0.247 e. The van der Waals surface area contributed by atoms with Crippen LogP contribution in [-0.2, 0) is 14.3 Å².